The molecule has 4 bridgehead atoms. The van der Waals surface area contributed by atoms with Crippen LogP contribution in [0, 0.1) is 23.7 Å². The summed E-state index contributed by atoms with van der Waals surface area (Å²) in [6.45, 7) is 2.02. The van der Waals surface area contributed by atoms with E-state index in [-0.39, 0.29) is 5.91 Å². The molecule has 0 spiro atoms. The first-order valence-corrected chi connectivity index (χ1v) is 12.6. The van der Waals surface area contributed by atoms with Gasteiger partial charge in [0, 0.05) is 17.7 Å². The monoisotopic (exact) mass is 461 g/mol. The number of carbonyl (C=O) groups is 2. The van der Waals surface area contributed by atoms with Crippen LogP contribution in [0.1, 0.15) is 72.5 Å². The van der Waals surface area contributed by atoms with Crippen molar-refractivity contribution in [1.82, 2.24) is 5.32 Å². The largest absolute Gasteiger partial charge is 0.496 e. The minimum Gasteiger partial charge on any atom is -0.496 e. The molecule has 0 unspecified atom stereocenters. The Morgan fingerprint density at radius 3 is 2.21 bits per heavy atom. The molecule has 0 aromatic heterocycles. The molecule has 34 heavy (non-hydrogen) atoms. The number of hydrogen-bond donors (Lipinski definition) is 2. The van der Waals surface area contributed by atoms with Gasteiger partial charge in [0.1, 0.15) is 5.75 Å². The molecule has 0 aliphatic heterocycles. The molecule has 2 N–H and O–H groups in total. The van der Waals surface area contributed by atoms with Crippen LogP contribution < -0.4 is 10.1 Å². The minimum atomic E-state index is -0.817. The standard InChI is InChI=1S/C29H35NO4/c1-18(28(32)33)9-19-3-8-26(34-2)24(13-19)17-30-27(31)23-4-6-25(7-5-23)29-14-20-10-21(15-29)12-22(11-20)16-29/h3-8,13,18,20-22H,9-12,14-17H2,1-2H3,(H,30,31)(H,32,33)/t18-,20?,21?,22?,29?/m0/s1. The summed E-state index contributed by atoms with van der Waals surface area (Å²) in [7, 11) is 1.60. The molecule has 4 aliphatic rings. The van der Waals surface area contributed by atoms with E-state index in [2.05, 4.69) is 17.4 Å². The number of ether oxygens (including phenoxy) is 1. The van der Waals surface area contributed by atoms with Crippen LogP contribution in [0.15, 0.2) is 42.5 Å². The third-order valence-electron chi connectivity index (χ3n) is 8.55. The molecule has 0 radical (unpaired) electrons. The van der Waals surface area contributed by atoms with Gasteiger partial charge in [-0.05, 0) is 97.4 Å². The predicted octanol–water partition coefficient (Wildman–Crippen LogP) is 5.36. The molecule has 0 heterocycles. The summed E-state index contributed by atoms with van der Waals surface area (Å²) < 4.78 is 5.46. The number of carbonyl (C=O) groups excluding carboxylic acids is 1. The van der Waals surface area contributed by atoms with Gasteiger partial charge >= 0.3 is 5.97 Å². The molecular weight excluding hydrogens is 426 g/mol. The Kier molecular flexibility index (Phi) is 6.13. The number of benzene rings is 2. The molecule has 5 heteroatoms. The summed E-state index contributed by atoms with van der Waals surface area (Å²) >= 11 is 0. The Morgan fingerprint density at radius 2 is 1.65 bits per heavy atom. The van der Waals surface area contributed by atoms with Crippen molar-refractivity contribution in [3.8, 4) is 5.75 Å². The molecule has 5 nitrogen and oxygen atoms in total. The van der Waals surface area contributed by atoms with Crippen molar-refractivity contribution in [3.05, 3.63) is 64.7 Å². The second-order valence-electron chi connectivity index (χ2n) is 11.0. The van der Waals surface area contributed by atoms with Gasteiger partial charge in [-0.15, -0.1) is 0 Å². The average Bonchev–Trinajstić information content (AvgIpc) is 2.82. The quantitative estimate of drug-likeness (QED) is 0.555. The van der Waals surface area contributed by atoms with Gasteiger partial charge in [0.15, 0.2) is 0 Å². The fourth-order valence-electron chi connectivity index (χ4n) is 7.25. The van der Waals surface area contributed by atoms with Gasteiger partial charge < -0.3 is 15.2 Å². The van der Waals surface area contributed by atoms with Crippen LogP contribution in [-0.4, -0.2) is 24.1 Å². The fourth-order valence-corrected chi connectivity index (χ4v) is 7.25. The predicted molar refractivity (Wildman–Crippen MR) is 131 cm³/mol. The number of methoxy groups -OCH3 is 1. The zero-order valence-corrected chi connectivity index (χ0v) is 20.2. The summed E-state index contributed by atoms with van der Waals surface area (Å²) in [5.74, 6) is 1.99. The highest BCUT2D eigenvalue weighted by molar-refractivity contribution is 5.94. The second-order valence-corrected chi connectivity index (χ2v) is 11.0. The lowest BCUT2D eigenvalue weighted by Crippen LogP contribution is -2.48. The van der Waals surface area contributed by atoms with Crippen LogP contribution in [-0.2, 0) is 23.2 Å². The Morgan fingerprint density at radius 1 is 1.03 bits per heavy atom. The van der Waals surface area contributed by atoms with Gasteiger partial charge in [-0.3, -0.25) is 9.59 Å². The van der Waals surface area contributed by atoms with E-state index in [9.17, 15) is 14.7 Å². The number of aliphatic carboxylic acids is 1. The minimum absolute atomic E-state index is 0.108. The Balaban J connectivity index is 1.25. The van der Waals surface area contributed by atoms with Gasteiger partial charge in [-0.2, -0.15) is 0 Å². The van der Waals surface area contributed by atoms with Crippen molar-refractivity contribution in [2.45, 2.75) is 63.8 Å². The Hall–Kier alpha value is -2.82. The van der Waals surface area contributed by atoms with Gasteiger partial charge in [-0.1, -0.05) is 31.2 Å². The summed E-state index contributed by atoms with van der Waals surface area (Å²) in [5, 5.41) is 12.2. The van der Waals surface area contributed by atoms with Crippen LogP contribution in [0.4, 0.5) is 0 Å². The van der Waals surface area contributed by atoms with E-state index in [1.54, 1.807) is 14.0 Å². The molecule has 2 aromatic rings. The highest BCUT2D eigenvalue weighted by atomic mass is 16.5. The maximum Gasteiger partial charge on any atom is 0.306 e. The normalized spacial score (nSPS) is 27.9. The third kappa shape index (κ3) is 4.45. The highest BCUT2D eigenvalue weighted by Gasteiger charge is 2.51. The van der Waals surface area contributed by atoms with Gasteiger partial charge in [0.25, 0.3) is 5.91 Å². The lowest BCUT2D eigenvalue weighted by atomic mass is 9.48. The summed E-state index contributed by atoms with van der Waals surface area (Å²) in [6.07, 6.45) is 8.69. The van der Waals surface area contributed by atoms with Crippen molar-refractivity contribution in [2.75, 3.05) is 7.11 Å². The van der Waals surface area contributed by atoms with Crippen molar-refractivity contribution in [1.29, 1.82) is 0 Å². The van der Waals surface area contributed by atoms with Crippen LogP contribution in [0.2, 0.25) is 0 Å². The molecule has 180 valence electrons. The molecule has 0 saturated heterocycles. The zero-order chi connectivity index (χ0) is 23.9. The maximum absolute atomic E-state index is 12.9. The number of hydrogen-bond acceptors (Lipinski definition) is 3. The lowest BCUT2D eigenvalue weighted by Gasteiger charge is -2.57. The van der Waals surface area contributed by atoms with E-state index in [1.165, 1.54) is 44.1 Å². The van der Waals surface area contributed by atoms with Crippen molar-refractivity contribution in [3.63, 3.8) is 0 Å². The highest BCUT2D eigenvalue weighted by Crippen LogP contribution is 2.60. The van der Waals surface area contributed by atoms with E-state index in [1.807, 2.05) is 30.3 Å². The van der Waals surface area contributed by atoms with Crippen molar-refractivity contribution < 1.29 is 19.4 Å². The first-order chi connectivity index (χ1) is 16.3. The lowest BCUT2D eigenvalue weighted by molar-refractivity contribution is -0.141. The molecule has 4 saturated carbocycles. The van der Waals surface area contributed by atoms with E-state index < -0.39 is 11.9 Å². The van der Waals surface area contributed by atoms with Crippen LogP contribution in [0.3, 0.4) is 0 Å². The summed E-state index contributed by atoms with van der Waals surface area (Å²) in [5.41, 5.74) is 4.19. The van der Waals surface area contributed by atoms with Crippen LogP contribution in [0.5, 0.6) is 5.75 Å². The number of carboxylic acids is 1. The van der Waals surface area contributed by atoms with Gasteiger partial charge in [0.05, 0.1) is 13.0 Å². The van der Waals surface area contributed by atoms with Gasteiger partial charge in [-0.25, -0.2) is 0 Å². The fraction of sp³-hybridized carbons (Fsp3) is 0.517. The number of carboxylic acid groups (broad SMARTS) is 1. The SMILES string of the molecule is COc1ccc(C[C@H](C)C(=O)O)cc1CNC(=O)c1ccc(C23CC4CC(CC(C4)C2)C3)cc1. The van der Waals surface area contributed by atoms with E-state index in [0.29, 0.717) is 29.7 Å². The molecule has 6 rings (SSSR count). The summed E-state index contributed by atoms with van der Waals surface area (Å²) in [4.78, 5) is 24.1. The van der Waals surface area contributed by atoms with Gasteiger partial charge in [0.2, 0.25) is 0 Å². The van der Waals surface area contributed by atoms with E-state index in [4.69, 9.17) is 4.74 Å². The topological polar surface area (TPSA) is 75.6 Å². The molecule has 1 atom stereocenters. The number of nitrogens with one attached hydrogen (secondary N) is 1. The molecule has 1 amide bonds. The summed E-state index contributed by atoms with van der Waals surface area (Å²) in [6, 6.07) is 14.0. The molecule has 4 aliphatic carbocycles. The smallest absolute Gasteiger partial charge is 0.306 e. The van der Waals surface area contributed by atoms with Crippen LogP contribution >= 0.6 is 0 Å². The van der Waals surface area contributed by atoms with E-state index in [0.717, 1.165) is 28.9 Å². The van der Waals surface area contributed by atoms with E-state index >= 15 is 0 Å². The number of amides is 1. The van der Waals surface area contributed by atoms with Crippen LogP contribution in [0.25, 0.3) is 0 Å². The number of rotatable bonds is 8. The molecule has 4 fully saturated rings. The first kappa shape index (κ1) is 22.9. The average molecular weight is 462 g/mol. The van der Waals surface area contributed by atoms with Crippen molar-refractivity contribution >= 4 is 11.9 Å². The molecule has 2 aromatic carbocycles. The Bertz CT molecular complexity index is 1040. The Labute approximate surface area is 201 Å². The maximum atomic E-state index is 12.9. The molecular formula is C29H35NO4. The second kappa shape index (κ2) is 9.09. The van der Waals surface area contributed by atoms with Crippen molar-refractivity contribution in [2.24, 2.45) is 23.7 Å². The zero-order valence-electron chi connectivity index (χ0n) is 20.2. The third-order valence-corrected chi connectivity index (χ3v) is 8.55. The first-order valence-electron chi connectivity index (χ1n) is 12.6.